The third-order valence-corrected chi connectivity index (χ3v) is 4.51. The Morgan fingerprint density at radius 1 is 1.13 bits per heavy atom. The van der Waals surface area contributed by atoms with Crippen molar-refractivity contribution in [2.45, 2.75) is 20.0 Å². The van der Waals surface area contributed by atoms with Gasteiger partial charge in [-0.3, -0.25) is 14.9 Å². The lowest BCUT2D eigenvalue weighted by Gasteiger charge is -2.26. The van der Waals surface area contributed by atoms with Crippen LogP contribution in [0, 0.1) is 6.92 Å². The van der Waals surface area contributed by atoms with E-state index in [1.165, 1.54) is 38.3 Å². The summed E-state index contributed by atoms with van der Waals surface area (Å²) in [5.41, 5.74) is 1.36. The van der Waals surface area contributed by atoms with Gasteiger partial charge in [0.05, 0.1) is 12.8 Å². The van der Waals surface area contributed by atoms with Gasteiger partial charge in [0.2, 0.25) is 0 Å². The Morgan fingerprint density at radius 2 is 1.87 bits per heavy atom. The number of hydrogen-bond donors (Lipinski definition) is 2. The van der Waals surface area contributed by atoms with Crippen molar-refractivity contribution in [2.75, 3.05) is 12.0 Å². The molecule has 0 aromatic heterocycles. The Hall–Kier alpha value is -4.14. The summed E-state index contributed by atoms with van der Waals surface area (Å²) in [4.78, 5) is 49.5. The molecule has 1 heterocycles. The molecular weight excluding hydrogens is 404 g/mol. The van der Waals surface area contributed by atoms with Crippen LogP contribution in [0.3, 0.4) is 0 Å². The van der Waals surface area contributed by atoms with E-state index in [9.17, 15) is 19.2 Å². The number of urea groups is 1. The zero-order chi connectivity index (χ0) is 22.7. The number of anilines is 1. The van der Waals surface area contributed by atoms with E-state index in [2.05, 4.69) is 5.32 Å². The van der Waals surface area contributed by atoms with Crippen molar-refractivity contribution in [3.8, 4) is 11.5 Å². The molecule has 1 aliphatic heterocycles. The zero-order valence-corrected chi connectivity index (χ0v) is 17.0. The number of barbiturate groups is 1. The third kappa shape index (κ3) is 4.55. The molecule has 3 rings (SSSR count). The van der Waals surface area contributed by atoms with Crippen molar-refractivity contribution in [3.63, 3.8) is 0 Å². The van der Waals surface area contributed by atoms with E-state index in [1.807, 2.05) is 13.0 Å². The largest absolute Gasteiger partial charge is 0.493 e. The number of benzene rings is 2. The molecule has 0 unspecified atom stereocenters. The number of hydrogen-bond acceptors (Lipinski definition) is 6. The van der Waals surface area contributed by atoms with E-state index in [4.69, 9.17) is 14.6 Å². The van der Waals surface area contributed by atoms with Crippen molar-refractivity contribution >= 4 is 35.6 Å². The monoisotopic (exact) mass is 424 g/mol. The number of ether oxygens (including phenoxy) is 2. The van der Waals surface area contributed by atoms with Gasteiger partial charge in [0.15, 0.2) is 17.6 Å². The van der Waals surface area contributed by atoms with Crippen molar-refractivity contribution in [2.24, 2.45) is 0 Å². The minimum atomic E-state index is -1.14. The molecule has 2 N–H and O–H groups in total. The molecule has 1 fully saturated rings. The topological polar surface area (TPSA) is 122 Å². The average molecular weight is 424 g/mol. The first-order valence-corrected chi connectivity index (χ1v) is 9.27. The first-order chi connectivity index (χ1) is 14.7. The Labute approximate surface area is 177 Å². The lowest BCUT2D eigenvalue weighted by molar-refractivity contribution is -0.144. The predicted molar refractivity (Wildman–Crippen MR) is 111 cm³/mol. The van der Waals surface area contributed by atoms with E-state index in [0.29, 0.717) is 11.3 Å². The summed E-state index contributed by atoms with van der Waals surface area (Å²) in [6.07, 6.45) is 0.220. The summed E-state index contributed by atoms with van der Waals surface area (Å²) >= 11 is 0. The van der Waals surface area contributed by atoms with E-state index in [0.717, 1.165) is 10.5 Å². The van der Waals surface area contributed by atoms with Crippen LogP contribution in [0.1, 0.15) is 18.1 Å². The number of aliphatic carboxylic acids is 1. The van der Waals surface area contributed by atoms with Crippen LogP contribution in [0.4, 0.5) is 10.5 Å². The van der Waals surface area contributed by atoms with Crippen LogP contribution in [-0.2, 0) is 14.4 Å². The molecule has 4 amide bonds. The highest BCUT2D eigenvalue weighted by molar-refractivity contribution is 6.39. The number of rotatable bonds is 6. The van der Waals surface area contributed by atoms with Gasteiger partial charge in [-0.05, 0) is 55.3 Å². The number of aryl methyl sites for hydroxylation is 1. The fourth-order valence-corrected chi connectivity index (χ4v) is 2.94. The highest BCUT2D eigenvalue weighted by atomic mass is 16.5. The second kappa shape index (κ2) is 8.70. The molecular formula is C22H20N2O7. The first-order valence-electron chi connectivity index (χ1n) is 9.27. The highest BCUT2D eigenvalue weighted by Gasteiger charge is 2.36. The molecule has 160 valence electrons. The molecule has 9 heteroatoms. The number of carbonyl (C=O) groups is 4. The van der Waals surface area contributed by atoms with E-state index in [-0.39, 0.29) is 17.1 Å². The molecule has 1 aliphatic rings. The Bertz CT molecular complexity index is 1110. The molecule has 0 saturated carbocycles. The molecule has 2 aromatic carbocycles. The standard InChI is InChI=1S/C22H20N2O7/c1-12-5-4-6-15(9-12)24-20(26)16(19(25)23-22(24)29)10-14-7-8-17(18(11-14)30-3)31-13(2)21(27)28/h4-11,13H,1-3H3,(H,27,28)(H,23,25,29)/b16-10+/t13-/m0/s1. The zero-order valence-electron chi connectivity index (χ0n) is 17.0. The maximum absolute atomic E-state index is 13.0. The number of carbonyl (C=O) groups excluding carboxylic acids is 3. The highest BCUT2D eigenvalue weighted by Crippen LogP contribution is 2.30. The maximum atomic E-state index is 13.0. The van der Waals surface area contributed by atoms with Crippen molar-refractivity contribution in [1.29, 1.82) is 0 Å². The number of carboxylic acids is 1. The summed E-state index contributed by atoms with van der Waals surface area (Å²) < 4.78 is 10.6. The second-order valence-electron chi connectivity index (χ2n) is 6.81. The van der Waals surface area contributed by atoms with Crippen LogP contribution in [-0.4, -0.2) is 42.1 Å². The molecule has 9 nitrogen and oxygen atoms in total. The maximum Gasteiger partial charge on any atom is 0.344 e. The van der Waals surface area contributed by atoms with E-state index in [1.54, 1.807) is 18.2 Å². The minimum Gasteiger partial charge on any atom is -0.493 e. The normalized spacial score (nSPS) is 16.2. The Morgan fingerprint density at radius 3 is 2.52 bits per heavy atom. The van der Waals surface area contributed by atoms with Gasteiger partial charge in [0.25, 0.3) is 11.8 Å². The smallest absolute Gasteiger partial charge is 0.344 e. The molecule has 31 heavy (non-hydrogen) atoms. The van der Waals surface area contributed by atoms with Gasteiger partial charge < -0.3 is 14.6 Å². The molecule has 0 bridgehead atoms. The number of nitrogens with one attached hydrogen (secondary N) is 1. The van der Waals surface area contributed by atoms with Crippen LogP contribution in [0.2, 0.25) is 0 Å². The average Bonchev–Trinajstić information content (AvgIpc) is 2.71. The SMILES string of the molecule is COc1cc(/C=C2\C(=O)NC(=O)N(c3cccc(C)c3)C2=O)ccc1O[C@@H](C)C(=O)O. The van der Waals surface area contributed by atoms with Gasteiger partial charge in [0.1, 0.15) is 5.57 Å². The van der Waals surface area contributed by atoms with Crippen LogP contribution in [0.15, 0.2) is 48.0 Å². The number of carboxylic acid groups (broad SMARTS) is 1. The summed E-state index contributed by atoms with van der Waals surface area (Å²) in [7, 11) is 1.38. The van der Waals surface area contributed by atoms with Crippen LogP contribution in [0.25, 0.3) is 6.08 Å². The molecule has 0 spiro atoms. The summed E-state index contributed by atoms with van der Waals surface area (Å²) in [6.45, 7) is 3.19. The third-order valence-electron chi connectivity index (χ3n) is 4.51. The van der Waals surface area contributed by atoms with Crippen molar-refractivity contribution in [3.05, 3.63) is 59.2 Å². The molecule has 0 aliphatic carbocycles. The Balaban J connectivity index is 1.96. The lowest BCUT2D eigenvalue weighted by Crippen LogP contribution is -2.54. The fourth-order valence-electron chi connectivity index (χ4n) is 2.94. The van der Waals surface area contributed by atoms with Crippen LogP contribution < -0.4 is 19.7 Å². The van der Waals surface area contributed by atoms with Crippen molar-refractivity contribution in [1.82, 2.24) is 5.32 Å². The number of amides is 4. The number of nitrogens with zero attached hydrogens (tertiary/aromatic N) is 1. The molecule has 2 aromatic rings. The van der Waals surface area contributed by atoms with Gasteiger partial charge >= 0.3 is 12.0 Å². The minimum absolute atomic E-state index is 0.190. The molecule has 1 saturated heterocycles. The number of imide groups is 2. The van der Waals surface area contributed by atoms with Crippen LogP contribution >= 0.6 is 0 Å². The lowest BCUT2D eigenvalue weighted by atomic mass is 10.1. The Kier molecular flexibility index (Phi) is 6.05. The van der Waals surface area contributed by atoms with Crippen LogP contribution in [0.5, 0.6) is 11.5 Å². The summed E-state index contributed by atoms with van der Waals surface area (Å²) in [6, 6.07) is 10.4. The summed E-state index contributed by atoms with van der Waals surface area (Å²) in [5.74, 6) is -2.32. The van der Waals surface area contributed by atoms with E-state index < -0.39 is 29.9 Å². The second-order valence-corrected chi connectivity index (χ2v) is 6.81. The number of methoxy groups -OCH3 is 1. The predicted octanol–water partition coefficient (Wildman–Crippen LogP) is 2.52. The fraction of sp³-hybridized carbons (Fsp3) is 0.182. The molecule has 1 atom stereocenters. The quantitative estimate of drug-likeness (QED) is 0.540. The molecule has 0 radical (unpaired) electrons. The van der Waals surface area contributed by atoms with Gasteiger partial charge in [-0.15, -0.1) is 0 Å². The van der Waals surface area contributed by atoms with Gasteiger partial charge in [-0.25, -0.2) is 14.5 Å². The van der Waals surface area contributed by atoms with Gasteiger partial charge in [-0.2, -0.15) is 0 Å². The van der Waals surface area contributed by atoms with Crippen molar-refractivity contribution < 1.29 is 33.8 Å². The van der Waals surface area contributed by atoms with Gasteiger partial charge in [0, 0.05) is 0 Å². The van der Waals surface area contributed by atoms with E-state index >= 15 is 0 Å². The first kappa shape index (κ1) is 21.6. The van der Waals surface area contributed by atoms with Gasteiger partial charge in [-0.1, -0.05) is 18.2 Å². The summed E-state index contributed by atoms with van der Waals surface area (Å²) in [5, 5.41) is 11.2.